The van der Waals surface area contributed by atoms with Gasteiger partial charge in [-0.15, -0.1) is 0 Å². The first-order valence-electron chi connectivity index (χ1n) is 7.29. The predicted molar refractivity (Wildman–Crippen MR) is 86.9 cm³/mol. The minimum atomic E-state index is -0.733. The first-order chi connectivity index (χ1) is 10.7. The summed E-state index contributed by atoms with van der Waals surface area (Å²) in [6, 6.07) is 8.19. The average molecular weight is 321 g/mol. The number of carbonyl (C=O) groups is 3. The Hall–Kier alpha value is -2.57. The van der Waals surface area contributed by atoms with Gasteiger partial charge in [0.05, 0.1) is 0 Å². The zero-order chi connectivity index (χ0) is 17.5. The number of alkyl carbamates (subject to hydrolysis) is 1. The van der Waals surface area contributed by atoms with E-state index in [-0.39, 0.29) is 12.5 Å². The minimum Gasteiger partial charge on any atom is -0.444 e. The van der Waals surface area contributed by atoms with E-state index in [9.17, 15) is 14.4 Å². The highest BCUT2D eigenvalue weighted by Gasteiger charge is 2.18. The molecule has 0 unspecified atom stereocenters. The lowest BCUT2D eigenvalue weighted by molar-refractivity contribution is -0.125. The monoisotopic (exact) mass is 321 g/mol. The van der Waals surface area contributed by atoms with Crippen molar-refractivity contribution >= 4 is 23.6 Å². The maximum absolute atomic E-state index is 11.9. The standard InChI is InChI=1S/C16H23N3O4/c1-11(14(21)19-12-8-6-5-7-9-12)18-13(20)10-17-15(22)23-16(2,3)4/h5-9,11H,10H2,1-4H3,(H,17,22)(H,18,20)(H,19,21)/t11-/m1/s1. The Morgan fingerprint density at radius 2 is 1.74 bits per heavy atom. The Kier molecular flexibility index (Phi) is 6.56. The summed E-state index contributed by atoms with van der Waals surface area (Å²) in [5.41, 5.74) is 0.00847. The van der Waals surface area contributed by atoms with Crippen molar-refractivity contribution in [1.82, 2.24) is 10.6 Å². The lowest BCUT2D eigenvalue weighted by Gasteiger charge is -2.20. The van der Waals surface area contributed by atoms with Crippen LogP contribution in [0.4, 0.5) is 10.5 Å². The van der Waals surface area contributed by atoms with Crippen molar-refractivity contribution in [3.63, 3.8) is 0 Å². The number of rotatable bonds is 5. The number of ether oxygens (including phenoxy) is 1. The number of nitrogens with one attached hydrogen (secondary N) is 3. The molecule has 0 bridgehead atoms. The van der Waals surface area contributed by atoms with E-state index in [0.717, 1.165) is 0 Å². The first-order valence-corrected chi connectivity index (χ1v) is 7.29. The zero-order valence-corrected chi connectivity index (χ0v) is 13.8. The highest BCUT2D eigenvalue weighted by Crippen LogP contribution is 2.06. The highest BCUT2D eigenvalue weighted by molar-refractivity contribution is 5.97. The topological polar surface area (TPSA) is 96.5 Å². The second kappa shape index (κ2) is 8.17. The van der Waals surface area contributed by atoms with Crippen LogP contribution >= 0.6 is 0 Å². The predicted octanol–water partition coefficient (Wildman–Crippen LogP) is 1.65. The summed E-state index contributed by atoms with van der Waals surface area (Å²) in [5, 5.41) is 7.50. The Labute approximate surface area is 135 Å². The average Bonchev–Trinajstić information content (AvgIpc) is 2.44. The molecular weight excluding hydrogens is 298 g/mol. The lowest BCUT2D eigenvalue weighted by atomic mass is 10.2. The van der Waals surface area contributed by atoms with Gasteiger partial charge >= 0.3 is 6.09 Å². The summed E-state index contributed by atoms with van der Waals surface area (Å²) in [6.45, 7) is 6.47. The van der Waals surface area contributed by atoms with Gasteiger partial charge in [-0.2, -0.15) is 0 Å². The van der Waals surface area contributed by atoms with E-state index in [2.05, 4.69) is 16.0 Å². The maximum atomic E-state index is 11.9. The smallest absolute Gasteiger partial charge is 0.408 e. The van der Waals surface area contributed by atoms with Crippen LogP contribution in [0.15, 0.2) is 30.3 Å². The molecule has 1 aromatic rings. The number of carbonyl (C=O) groups excluding carboxylic acids is 3. The molecule has 1 aromatic carbocycles. The van der Waals surface area contributed by atoms with Crippen molar-refractivity contribution in [2.24, 2.45) is 0 Å². The van der Waals surface area contributed by atoms with Crippen LogP contribution in [0.3, 0.4) is 0 Å². The van der Waals surface area contributed by atoms with Gasteiger partial charge in [0, 0.05) is 5.69 Å². The zero-order valence-electron chi connectivity index (χ0n) is 13.8. The molecule has 0 spiro atoms. The molecule has 3 N–H and O–H groups in total. The molecule has 0 aliphatic rings. The summed E-state index contributed by atoms with van der Waals surface area (Å²) in [7, 11) is 0. The van der Waals surface area contributed by atoms with Crippen molar-refractivity contribution in [2.45, 2.75) is 39.3 Å². The third-order valence-corrected chi connectivity index (χ3v) is 2.60. The second-order valence-corrected chi connectivity index (χ2v) is 6.00. The molecule has 0 saturated carbocycles. The van der Waals surface area contributed by atoms with E-state index in [1.54, 1.807) is 52.0 Å². The van der Waals surface area contributed by atoms with Crippen molar-refractivity contribution in [2.75, 3.05) is 11.9 Å². The van der Waals surface area contributed by atoms with Gasteiger partial charge in [-0.1, -0.05) is 18.2 Å². The normalized spacial score (nSPS) is 12.0. The first kappa shape index (κ1) is 18.5. The van der Waals surface area contributed by atoms with Gasteiger partial charge in [0.1, 0.15) is 18.2 Å². The van der Waals surface area contributed by atoms with Crippen LogP contribution in [0.5, 0.6) is 0 Å². The van der Waals surface area contributed by atoms with Crippen LogP contribution in [-0.2, 0) is 14.3 Å². The van der Waals surface area contributed by atoms with Gasteiger partial charge in [0.25, 0.3) is 0 Å². The van der Waals surface area contributed by atoms with Gasteiger partial charge in [-0.05, 0) is 39.8 Å². The molecule has 0 saturated heterocycles. The van der Waals surface area contributed by atoms with Crippen molar-refractivity contribution in [1.29, 1.82) is 0 Å². The molecule has 7 heteroatoms. The lowest BCUT2D eigenvalue weighted by Crippen LogP contribution is -2.46. The van der Waals surface area contributed by atoms with Crippen LogP contribution in [-0.4, -0.2) is 36.1 Å². The van der Waals surface area contributed by atoms with Crippen LogP contribution in [0.2, 0.25) is 0 Å². The van der Waals surface area contributed by atoms with Gasteiger partial charge in [-0.3, -0.25) is 9.59 Å². The summed E-state index contributed by atoms with van der Waals surface area (Å²) in [4.78, 5) is 35.1. The molecule has 0 radical (unpaired) electrons. The molecule has 23 heavy (non-hydrogen) atoms. The molecule has 0 aliphatic carbocycles. The Bertz CT molecular complexity index is 552. The minimum absolute atomic E-state index is 0.266. The SMILES string of the molecule is C[C@@H](NC(=O)CNC(=O)OC(C)(C)C)C(=O)Nc1ccccc1. The fourth-order valence-corrected chi connectivity index (χ4v) is 1.60. The van der Waals surface area contributed by atoms with Gasteiger partial charge in [-0.25, -0.2) is 4.79 Å². The van der Waals surface area contributed by atoms with Gasteiger partial charge in [0.2, 0.25) is 11.8 Å². The molecular formula is C16H23N3O4. The van der Waals surface area contributed by atoms with Crippen molar-refractivity contribution < 1.29 is 19.1 Å². The number of anilines is 1. The molecule has 0 aliphatic heterocycles. The Balaban J connectivity index is 2.35. The van der Waals surface area contributed by atoms with Crippen LogP contribution in [0.25, 0.3) is 0 Å². The molecule has 126 valence electrons. The van der Waals surface area contributed by atoms with E-state index >= 15 is 0 Å². The summed E-state index contributed by atoms with van der Waals surface area (Å²) in [6.07, 6.45) is -0.686. The Morgan fingerprint density at radius 1 is 1.13 bits per heavy atom. The van der Waals surface area contributed by atoms with Crippen LogP contribution < -0.4 is 16.0 Å². The molecule has 1 rings (SSSR count). The summed E-state index contributed by atoms with van der Waals surface area (Å²) in [5.74, 6) is -0.826. The van der Waals surface area contributed by atoms with Crippen LogP contribution in [0.1, 0.15) is 27.7 Å². The number of para-hydroxylation sites is 1. The second-order valence-electron chi connectivity index (χ2n) is 6.00. The van der Waals surface area contributed by atoms with E-state index < -0.39 is 23.6 Å². The van der Waals surface area contributed by atoms with Crippen molar-refractivity contribution in [3.05, 3.63) is 30.3 Å². The molecule has 3 amide bonds. The van der Waals surface area contributed by atoms with Gasteiger partial charge < -0.3 is 20.7 Å². The number of hydrogen-bond acceptors (Lipinski definition) is 4. The highest BCUT2D eigenvalue weighted by atomic mass is 16.6. The summed E-state index contributed by atoms with van der Waals surface area (Å²) >= 11 is 0. The fourth-order valence-electron chi connectivity index (χ4n) is 1.60. The summed E-state index contributed by atoms with van der Waals surface area (Å²) < 4.78 is 5.01. The third kappa shape index (κ3) is 7.85. The fraction of sp³-hybridized carbons (Fsp3) is 0.438. The van der Waals surface area contributed by atoms with E-state index in [0.29, 0.717) is 5.69 Å². The third-order valence-electron chi connectivity index (χ3n) is 2.60. The molecule has 0 fully saturated rings. The van der Waals surface area contributed by atoms with E-state index in [1.165, 1.54) is 0 Å². The maximum Gasteiger partial charge on any atom is 0.408 e. The number of benzene rings is 1. The van der Waals surface area contributed by atoms with Crippen molar-refractivity contribution in [3.8, 4) is 0 Å². The molecule has 0 heterocycles. The van der Waals surface area contributed by atoms with E-state index in [4.69, 9.17) is 4.74 Å². The number of hydrogen-bond donors (Lipinski definition) is 3. The number of amides is 3. The molecule has 1 atom stereocenters. The molecule has 0 aromatic heterocycles. The quantitative estimate of drug-likeness (QED) is 0.768. The van der Waals surface area contributed by atoms with Crippen LogP contribution in [0, 0.1) is 0 Å². The van der Waals surface area contributed by atoms with E-state index in [1.807, 2.05) is 6.07 Å². The van der Waals surface area contributed by atoms with Gasteiger partial charge in [0.15, 0.2) is 0 Å². The molecule has 7 nitrogen and oxygen atoms in total. The Morgan fingerprint density at radius 3 is 2.30 bits per heavy atom. The largest absolute Gasteiger partial charge is 0.444 e.